The highest BCUT2D eigenvalue weighted by Gasteiger charge is 2.46. The van der Waals surface area contributed by atoms with Crippen LogP contribution in [0.15, 0.2) is 72.8 Å². The smallest absolute Gasteiger partial charge is 0.220 e. The summed E-state index contributed by atoms with van der Waals surface area (Å²) in [5.74, 6) is 2.62. The van der Waals surface area contributed by atoms with E-state index >= 15 is 0 Å². The van der Waals surface area contributed by atoms with Crippen LogP contribution in [0.3, 0.4) is 0 Å². The fourth-order valence-corrected chi connectivity index (χ4v) is 6.01. The number of rotatable bonds is 9. The molecule has 1 N–H and O–H groups in total. The highest BCUT2D eigenvalue weighted by molar-refractivity contribution is 5.77. The van der Waals surface area contributed by atoms with Gasteiger partial charge in [0, 0.05) is 24.5 Å². The summed E-state index contributed by atoms with van der Waals surface area (Å²) in [6.45, 7) is 0.511. The molecule has 1 amide bonds. The number of carbonyl (C=O) groups excluding carboxylic acids is 1. The molecule has 3 aliphatic rings. The third-order valence-corrected chi connectivity index (χ3v) is 8.30. The Morgan fingerprint density at radius 3 is 2.53 bits per heavy atom. The SMILES string of the molecule is O=C(CCc1ccccc1OC1CCCC1)NC1CC2(CCC2)Oc2cc(OCc3ccccc3)ccc21. The van der Waals surface area contributed by atoms with Crippen LogP contribution in [-0.4, -0.2) is 17.6 Å². The number of para-hydroxylation sites is 1. The number of ether oxygens (including phenoxy) is 3. The van der Waals surface area contributed by atoms with E-state index in [0.717, 1.165) is 72.5 Å². The number of fused-ring (bicyclic) bond motifs is 1. The minimum absolute atomic E-state index is 0.0558. The Morgan fingerprint density at radius 1 is 0.947 bits per heavy atom. The van der Waals surface area contributed by atoms with E-state index in [-0.39, 0.29) is 17.6 Å². The van der Waals surface area contributed by atoms with Crippen molar-refractivity contribution in [2.24, 2.45) is 0 Å². The number of carbonyl (C=O) groups is 1. The van der Waals surface area contributed by atoms with Gasteiger partial charge in [0.2, 0.25) is 5.91 Å². The molecule has 5 nitrogen and oxygen atoms in total. The first-order valence-corrected chi connectivity index (χ1v) is 14.2. The van der Waals surface area contributed by atoms with Gasteiger partial charge in [-0.1, -0.05) is 48.5 Å². The molecule has 1 unspecified atom stereocenters. The van der Waals surface area contributed by atoms with Crippen LogP contribution in [0.5, 0.6) is 17.2 Å². The maximum Gasteiger partial charge on any atom is 0.220 e. The first kappa shape index (κ1) is 24.8. The Bertz CT molecular complexity index is 1250. The summed E-state index contributed by atoms with van der Waals surface area (Å²) in [6.07, 6.45) is 10.2. The quantitative estimate of drug-likeness (QED) is 0.333. The molecule has 2 saturated carbocycles. The van der Waals surface area contributed by atoms with Gasteiger partial charge in [0.05, 0.1) is 12.1 Å². The molecular formula is C33H37NO4. The zero-order valence-corrected chi connectivity index (χ0v) is 22.0. The number of hydrogen-bond acceptors (Lipinski definition) is 4. The van der Waals surface area contributed by atoms with Crippen molar-refractivity contribution in [2.75, 3.05) is 0 Å². The van der Waals surface area contributed by atoms with E-state index in [2.05, 4.69) is 29.6 Å². The summed E-state index contributed by atoms with van der Waals surface area (Å²) in [6, 6.07) is 24.3. The zero-order valence-electron chi connectivity index (χ0n) is 22.0. The predicted molar refractivity (Wildman–Crippen MR) is 148 cm³/mol. The van der Waals surface area contributed by atoms with E-state index in [1.165, 1.54) is 12.8 Å². The molecule has 6 rings (SSSR count). The van der Waals surface area contributed by atoms with Crippen molar-refractivity contribution in [3.05, 3.63) is 89.5 Å². The van der Waals surface area contributed by atoms with E-state index in [4.69, 9.17) is 14.2 Å². The third-order valence-electron chi connectivity index (χ3n) is 8.30. The lowest BCUT2D eigenvalue weighted by molar-refractivity contribution is -0.123. The molecule has 3 aromatic carbocycles. The van der Waals surface area contributed by atoms with E-state index in [1.807, 2.05) is 48.5 Å². The molecule has 0 aromatic heterocycles. The summed E-state index contributed by atoms with van der Waals surface area (Å²) < 4.78 is 18.9. The van der Waals surface area contributed by atoms with Crippen LogP contribution in [0.4, 0.5) is 0 Å². The average Bonchev–Trinajstić information content (AvgIpc) is 3.44. The minimum atomic E-state index is -0.176. The second-order valence-electron chi connectivity index (χ2n) is 11.1. The fraction of sp³-hybridized carbons (Fsp3) is 0.424. The molecule has 0 saturated heterocycles. The molecule has 2 fully saturated rings. The molecule has 5 heteroatoms. The molecule has 0 bridgehead atoms. The van der Waals surface area contributed by atoms with Gasteiger partial charge < -0.3 is 19.5 Å². The number of hydrogen-bond donors (Lipinski definition) is 1. The molecule has 0 radical (unpaired) electrons. The van der Waals surface area contributed by atoms with Crippen LogP contribution < -0.4 is 19.5 Å². The van der Waals surface area contributed by atoms with Gasteiger partial charge in [-0.3, -0.25) is 4.79 Å². The van der Waals surface area contributed by atoms with Gasteiger partial charge in [0.1, 0.15) is 29.5 Å². The molecule has 1 aliphatic heterocycles. The van der Waals surface area contributed by atoms with Crippen LogP contribution in [0.2, 0.25) is 0 Å². The van der Waals surface area contributed by atoms with Crippen LogP contribution in [0, 0.1) is 0 Å². The van der Waals surface area contributed by atoms with Crippen molar-refractivity contribution in [1.29, 1.82) is 0 Å². The number of amides is 1. The van der Waals surface area contributed by atoms with Crippen molar-refractivity contribution < 1.29 is 19.0 Å². The number of benzene rings is 3. The Kier molecular flexibility index (Phi) is 7.26. The first-order chi connectivity index (χ1) is 18.7. The predicted octanol–water partition coefficient (Wildman–Crippen LogP) is 7.08. The summed E-state index contributed by atoms with van der Waals surface area (Å²) >= 11 is 0. The topological polar surface area (TPSA) is 56.8 Å². The molecule has 2 aliphatic carbocycles. The van der Waals surface area contributed by atoms with E-state index in [1.54, 1.807) is 0 Å². The monoisotopic (exact) mass is 511 g/mol. The highest BCUT2D eigenvalue weighted by Crippen LogP contribution is 2.49. The molecule has 3 aromatic rings. The van der Waals surface area contributed by atoms with E-state index < -0.39 is 0 Å². The van der Waals surface area contributed by atoms with Crippen LogP contribution >= 0.6 is 0 Å². The van der Waals surface area contributed by atoms with E-state index in [9.17, 15) is 4.79 Å². The van der Waals surface area contributed by atoms with Crippen molar-refractivity contribution in [3.8, 4) is 17.2 Å². The zero-order chi connectivity index (χ0) is 25.8. The van der Waals surface area contributed by atoms with Crippen molar-refractivity contribution >= 4 is 5.91 Å². The molecule has 1 atom stereocenters. The molecule has 1 spiro atoms. The Labute approximate surface area is 225 Å². The lowest BCUT2D eigenvalue weighted by Crippen LogP contribution is -2.49. The van der Waals surface area contributed by atoms with Gasteiger partial charge in [-0.15, -0.1) is 0 Å². The second kappa shape index (κ2) is 11.1. The molecule has 38 heavy (non-hydrogen) atoms. The average molecular weight is 512 g/mol. The van der Waals surface area contributed by atoms with Crippen LogP contribution in [-0.2, 0) is 17.8 Å². The van der Waals surface area contributed by atoms with Gasteiger partial charge in [-0.05, 0) is 80.7 Å². The van der Waals surface area contributed by atoms with Crippen LogP contribution in [0.1, 0.15) is 80.5 Å². The number of aryl methyl sites for hydroxylation is 1. The van der Waals surface area contributed by atoms with E-state index in [0.29, 0.717) is 25.6 Å². The standard InChI is InChI=1S/C33H37NO4/c35-32(18-15-25-11-4-7-14-30(25)37-26-12-5-6-13-26)34-29-22-33(19-8-20-33)38-31-21-27(16-17-28(29)31)36-23-24-9-2-1-3-10-24/h1-4,7,9-11,14,16-17,21,26,29H,5-6,8,12-13,15,18-20,22-23H2,(H,34,35). The Hall–Kier alpha value is -3.47. The fourth-order valence-electron chi connectivity index (χ4n) is 6.01. The van der Waals surface area contributed by atoms with Crippen LogP contribution in [0.25, 0.3) is 0 Å². The van der Waals surface area contributed by atoms with Gasteiger partial charge in [-0.25, -0.2) is 0 Å². The van der Waals surface area contributed by atoms with Crippen molar-refractivity contribution in [1.82, 2.24) is 5.32 Å². The lowest BCUT2D eigenvalue weighted by Gasteiger charge is -2.48. The molecular weight excluding hydrogens is 474 g/mol. The summed E-state index contributed by atoms with van der Waals surface area (Å²) in [7, 11) is 0. The summed E-state index contributed by atoms with van der Waals surface area (Å²) in [5, 5.41) is 3.34. The van der Waals surface area contributed by atoms with Crippen molar-refractivity contribution in [3.63, 3.8) is 0 Å². The second-order valence-corrected chi connectivity index (χ2v) is 11.1. The van der Waals surface area contributed by atoms with Gasteiger partial charge in [0.25, 0.3) is 0 Å². The minimum Gasteiger partial charge on any atom is -0.490 e. The largest absolute Gasteiger partial charge is 0.490 e. The van der Waals surface area contributed by atoms with Gasteiger partial charge in [0.15, 0.2) is 0 Å². The maximum atomic E-state index is 13.2. The van der Waals surface area contributed by atoms with Gasteiger partial charge in [-0.2, -0.15) is 0 Å². The third kappa shape index (κ3) is 5.67. The lowest BCUT2D eigenvalue weighted by atomic mass is 9.73. The van der Waals surface area contributed by atoms with Crippen molar-refractivity contribution in [2.45, 2.75) is 88.6 Å². The summed E-state index contributed by atoms with van der Waals surface area (Å²) in [4.78, 5) is 13.2. The maximum absolute atomic E-state index is 13.2. The van der Waals surface area contributed by atoms with Gasteiger partial charge >= 0.3 is 0 Å². The normalized spacial score (nSPS) is 19.7. The molecule has 198 valence electrons. The molecule has 1 heterocycles. The Balaban J connectivity index is 1.11. The first-order valence-electron chi connectivity index (χ1n) is 14.2. The highest BCUT2D eigenvalue weighted by atomic mass is 16.5. The number of nitrogens with one attached hydrogen (secondary N) is 1. The Morgan fingerprint density at radius 2 is 1.74 bits per heavy atom. The summed E-state index contributed by atoms with van der Waals surface area (Å²) in [5.41, 5.74) is 3.09.